The quantitative estimate of drug-likeness (QED) is 0.454. The molecule has 6 heteroatoms. The lowest BCUT2D eigenvalue weighted by Crippen LogP contribution is -2.35. The van der Waals surface area contributed by atoms with Crippen LogP contribution in [0.4, 0.5) is 10.5 Å². The van der Waals surface area contributed by atoms with Gasteiger partial charge in [-0.3, -0.25) is 9.69 Å². The lowest BCUT2D eigenvalue weighted by molar-refractivity contribution is 0.0819. The third kappa shape index (κ3) is 5.75. The van der Waals surface area contributed by atoms with Gasteiger partial charge in [0, 0.05) is 49.5 Å². The fourth-order valence-electron chi connectivity index (χ4n) is 5.47. The van der Waals surface area contributed by atoms with E-state index >= 15 is 0 Å². The minimum Gasteiger partial charge on any atom is -0.331 e. The van der Waals surface area contributed by atoms with Crippen molar-refractivity contribution in [2.45, 2.75) is 26.3 Å². The zero-order valence-corrected chi connectivity index (χ0v) is 21.5. The average molecular weight is 495 g/mol. The lowest BCUT2D eigenvalue weighted by Gasteiger charge is -2.24. The number of fused-ring (bicyclic) bond motifs is 1. The molecule has 0 spiro atoms. The first-order valence-electron chi connectivity index (χ1n) is 13.0. The van der Waals surface area contributed by atoms with Crippen molar-refractivity contribution in [3.05, 3.63) is 113 Å². The Morgan fingerprint density at radius 3 is 2.24 bits per heavy atom. The molecular weight excluding hydrogens is 460 g/mol. The molecule has 37 heavy (non-hydrogen) atoms. The summed E-state index contributed by atoms with van der Waals surface area (Å²) in [6.07, 6.45) is 2.87. The molecule has 2 aliphatic heterocycles. The van der Waals surface area contributed by atoms with Crippen molar-refractivity contribution in [1.82, 2.24) is 15.1 Å². The normalized spacial score (nSPS) is 17.7. The van der Waals surface area contributed by atoms with Gasteiger partial charge in [-0.15, -0.1) is 0 Å². The van der Waals surface area contributed by atoms with Crippen LogP contribution in [0.3, 0.4) is 0 Å². The van der Waals surface area contributed by atoms with Crippen LogP contribution in [-0.4, -0.2) is 47.9 Å². The van der Waals surface area contributed by atoms with E-state index in [1.54, 1.807) is 0 Å². The van der Waals surface area contributed by atoms with E-state index in [1.807, 2.05) is 85.5 Å². The Bertz CT molecular complexity index is 1270. The van der Waals surface area contributed by atoms with Gasteiger partial charge in [-0.25, -0.2) is 4.79 Å². The Morgan fingerprint density at radius 1 is 0.892 bits per heavy atom. The Hall–Kier alpha value is -3.90. The fraction of sp³-hybridized carbons (Fsp3) is 0.290. The van der Waals surface area contributed by atoms with Crippen LogP contribution in [0.5, 0.6) is 0 Å². The molecule has 5 rings (SSSR count). The molecule has 3 amide bonds. The number of hydrogen-bond acceptors (Lipinski definition) is 3. The van der Waals surface area contributed by atoms with E-state index in [2.05, 4.69) is 33.9 Å². The maximum atomic E-state index is 13.2. The number of urea groups is 1. The second kappa shape index (κ2) is 11.0. The van der Waals surface area contributed by atoms with Gasteiger partial charge in [0.1, 0.15) is 0 Å². The molecule has 0 aliphatic carbocycles. The number of anilines is 1. The van der Waals surface area contributed by atoms with Gasteiger partial charge < -0.3 is 15.5 Å². The van der Waals surface area contributed by atoms with Crippen LogP contribution in [0.1, 0.15) is 39.5 Å². The third-order valence-electron chi connectivity index (χ3n) is 7.38. The monoisotopic (exact) mass is 494 g/mol. The zero-order chi connectivity index (χ0) is 25.8. The number of carbonyl (C=O) groups excluding carboxylic acids is 2. The predicted molar refractivity (Wildman–Crippen MR) is 147 cm³/mol. The summed E-state index contributed by atoms with van der Waals surface area (Å²) in [5.74, 6) is 0.472. The van der Waals surface area contributed by atoms with Crippen molar-refractivity contribution < 1.29 is 9.59 Å². The molecule has 6 nitrogen and oxygen atoms in total. The van der Waals surface area contributed by atoms with Crippen LogP contribution < -0.4 is 10.6 Å². The molecule has 3 aromatic rings. The van der Waals surface area contributed by atoms with Gasteiger partial charge >= 0.3 is 6.03 Å². The Kier molecular flexibility index (Phi) is 7.37. The first kappa shape index (κ1) is 24.8. The molecule has 0 radical (unpaired) electrons. The molecule has 2 heterocycles. The van der Waals surface area contributed by atoms with Crippen LogP contribution in [0.2, 0.25) is 0 Å². The Morgan fingerprint density at radius 2 is 1.57 bits per heavy atom. The number of para-hydroxylation sites is 1. The van der Waals surface area contributed by atoms with E-state index in [4.69, 9.17) is 0 Å². The van der Waals surface area contributed by atoms with Crippen molar-refractivity contribution in [1.29, 1.82) is 0 Å². The summed E-state index contributed by atoms with van der Waals surface area (Å²) >= 11 is 0. The summed E-state index contributed by atoms with van der Waals surface area (Å²) in [4.78, 5) is 30.3. The summed E-state index contributed by atoms with van der Waals surface area (Å²) in [6.45, 7) is 7.40. The van der Waals surface area contributed by atoms with Crippen LogP contribution in [-0.2, 0) is 0 Å². The molecule has 2 atom stereocenters. The first-order valence-corrected chi connectivity index (χ1v) is 13.0. The van der Waals surface area contributed by atoms with Crippen molar-refractivity contribution >= 4 is 17.6 Å². The molecule has 0 saturated carbocycles. The van der Waals surface area contributed by atoms with E-state index in [0.717, 1.165) is 60.5 Å². The smallest absolute Gasteiger partial charge is 0.319 e. The summed E-state index contributed by atoms with van der Waals surface area (Å²) in [7, 11) is 0. The number of benzene rings is 3. The number of rotatable bonds is 7. The molecule has 3 aromatic carbocycles. The number of hydrogen-bond donors (Lipinski definition) is 2. The van der Waals surface area contributed by atoms with Gasteiger partial charge in [0.2, 0.25) is 0 Å². The molecule has 1 fully saturated rings. The summed E-state index contributed by atoms with van der Waals surface area (Å²) < 4.78 is 0. The van der Waals surface area contributed by atoms with E-state index in [9.17, 15) is 9.59 Å². The molecule has 2 N–H and O–H groups in total. The molecule has 0 aromatic heterocycles. The number of amides is 3. The van der Waals surface area contributed by atoms with Gasteiger partial charge in [0.25, 0.3) is 5.91 Å². The van der Waals surface area contributed by atoms with E-state index < -0.39 is 0 Å². The van der Waals surface area contributed by atoms with Crippen LogP contribution in [0.25, 0.3) is 0 Å². The average Bonchev–Trinajstić information content (AvgIpc) is 3.47. The second-order valence-electron chi connectivity index (χ2n) is 10.1. The largest absolute Gasteiger partial charge is 0.331 e. The molecule has 1 saturated heterocycles. The number of likely N-dealkylation sites (tertiary alicyclic amines) is 1. The molecule has 2 aliphatic rings. The van der Waals surface area contributed by atoms with Crippen molar-refractivity contribution in [3.63, 3.8) is 0 Å². The van der Waals surface area contributed by atoms with E-state index in [1.165, 1.54) is 5.57 Å². The number of carbonyl (C=O) groups is 2. The highest BCUT2D eigenvalue weighted by molar-refractivity contribution is 5.98. The van der Waals surface area contributed by atoms with Gasteiger partial charge in [-0.05, 0) is 54.7 Å². The van der Waals surface area contributed by atoms with Crippen LogP contribution >= 0.6 is 0 Å². The molecule has 190 valence electrons. The molecular formula is C31H34N4O2. The molecule has 1 unspecified atom stereocenters. The Balaban J connectivity index is 1.20. The minimum atomic E-state index is -0.207. The topological polar surface area (TPSA) is 64.7 Å². The number of aryl methyl sites for hydroxylation is 2. The fourth-order valence-corrected chi connectivity index (χ4v) is 5.47. The van der Waals surface area contributed by atoms with Crippen LogP contribution in [0.15, 0.2) is 90.6 Å². The Labute approximate surface area is 219 Å². The van der Waals surface area contributed by atoms with Crippen LogP contribution in [0, 0.1) is 19.8 Å². The summed E-state index contributed by atoms with van der Waals surface area (Å²) in [6, 6.07) is 25.3. The van der Waals surface area contributed by atoms with E-state index in [-0.39, 0.29) is 18.0 Å². The maximum Gasteiger partial charge on any atom is 0.319 e. The highest BCUT2D eigenvalue weighted by Crippen LogP contribution is 2.32. The summed E-state index contributed by atoms with van der Waals surface area (Å²) in [5, 5.41) is 6.09. The third-order valence-corrected chi connectivity index (χ3v) is 7.38. The highest BCUT2D eigenvalue weighted by Gasteiger charge is 2.36. The zero-order valence-electron chi connectivity index (χ0n) is 21.5. The number of nitrogens with zero attached hydrogens (tertiary/aromatic N) is 2. The minimum absolute atomic E-state index is 0.0959. The standard InChI is InChI=1S/C31H34N4O2/c1-22-10-9-11-23(2)29(22)30(36)35-20-25-18-34(19-26(25)21-35)17-16-28(24-12-5-3-6-13-24)33-31(37)32-27-14-7-4-8-15-27/h3-15,20,26,28H,16-19,21H2,1-2H3,(H2,32,33,37)/t26?,28-/m0/s1. The lowest BCUT2D eigenvalue weighted by atomic mass is 10.0. The molecule has 0 bridgehead atoms. The first-order chi connectivity index (χ1) is 18.0. The SMILES string of the molecule is Cc1cccc(C)c1C(=O)N1C=C2CN(CC[C@H](NC(=O)Nc3ccccc3)c3ccccc3)CC2C1. The van der Waals surface area contributed by atoms with Gasteiger partial charge in [-0.2, -0.15) is 0 Å². The van der Waals surface area contributed by atoms with Crippen molar-refractivity contribution in [2.75, 3.05) is 31.5 Å². The highest BCUT2D eigenvalue weighted by atomic mass is 16.2. The van der Waals surface area contributed by atoms with E-state index in [0.29, 0.717) is 5.92 Å². The predicted octanol–water partition coefficient (Wildman–Crippen LogP) is 5.53. The van der Waals surface area contributed by atoms with Gasteiger partial charge in [-0.1, -0.05) is 66.7 Å². The van der Waals surface area contributed by atoms with Gasteiger partial charge in [0.15, 0.2) is 0 Å². The van der Waals surface area contributed by atoms with Crippen molar-refractivity contribution in [2.24, 2.45) is 5.92 Å². The number of nitrogens with one attached hydrogen (secondary N) is 2. The van der Waals surface area contributed by atoms with Crippen molar-refractivity contribution in [3.8, 4) is 0 Å². The summed E-state index contributed by atoms with van der Waals surface area (Å²) in [5.41, 5.74) is 6.06. The maximum absolute atomic E-state index is 13.2. The second-order valence-corrected chi connectivity index (χ2v) is 10.1. The van der Waals surface area contributed by atoms with Gasteiger partial charge in [0.05, 0.1) is 6.04 Å².